The zero-order chi connectivity index (χ0) is 11.4. The summed E-state index contributed by atoms with van der Waals surface area (Å²) in [4.78, 5) is 0. The number of fused-ring (bicyclic) bond motifs is 1. The quantitative estimate of drug-likeness (QED) is 0.391. The van der Waals surface area contributed by atoms with Gasteiger partial charge in [-0.2, -0.15) is 0 Å². The number of hydrogen-bond acceptors (Lipinski definition) is 3. The van der Waals surface area contributed by atoms with Crippen LogP contribution in [0.2, 0.25) is 6.04 Å². The van der Waals surface area contributed by atoms with Gasteiger partial charge in [0.1, 0.15) is 0 Å². The molecule has 0 bridgehead atoms. The molecule has 0 spiro atoms. The number of ether oxygens (including phenoxy) is 1. The minimum atomic E-state index is -1.30. The smallest absolute Gasteiger partial charge is 0.320 e. The highest BCUT2D eigenvalue weighted by Gasteiger charge is 2.46. The van der Waals surface area contributed by atoms with Crippen LogP contribution < -0.4 is 0 Å². The third-order valence-corrected chi connectivity index (χ3v) is 5.87. The summed E-state index contributed by atoms with van der Waals surface area (Å²) in [7, 11) is 2.23. The van der Waals surface area contributed by atoms with E-state index in [1.807, 2.05) is 0 Å². The maximum Gasteiger partial charge on any atom is 0.320 e. The van der Waals surface area contributed by atoms with Crippen LogP contribution in [0.4, 0.5) is 0 Å². The molecule has 16 heavy (non-hydrogen) atoms. The number of epoxide rings is 1. The Morgan fingerprint density at radius 1 is 1.19 bits per heavy atom. The molecule has 1 heterocycles. The molecule has 0 amide bonds. The fraction of sp³-hybridized carbons (Fsp3) is 1.00. The van der Waals surface area contributed by atoms with E-state index in [1.54, 1.807) is 14.2 Å². The summed E-state index contributed by atoms with van der Waals surface area (Å²) in [5.74, 6) is 0.851. The van der Waals surface area contributed by atoms with Gasteiger partial charge in [-0.3, -0.25) is 0 Å². The Labute approximate surface area is 100 Å². The molecular weight excluding hydrogens is 220 g/mol. The largest absolute Gasteiger partial charge is 0.400 e. The van der Waals surface area contributed by atoms with Crippen LogP contribution in [0.25, 0.3) is 0 Å². The molecule has 2 aliphatic rings. The van der Waals surface area contributed by atoms with Crippen molar-refractivity contribution in [3.63, 3.8) is 0 Å². The molecule has 1 saturated heterocycles. The number of rotatable bonds is 7. The summed E-state index contributed by atoms with van der Waals surface area (Å²) in [6, 6.07) is 1.15. The molecule has 94 valence electrons. The van der Waals surface area contributed by atoms with Gasteiger partial charge in [0.25, 0.3) is 0 Å². The van der Waals surface area contributed by atoms with Crippen molar-refractivity contribution in [1.82, 2.24) is 0 Å². The molecule has 4 heteroatoms. The van der Waals surface area contributed by atoms with Crippen molar-refractivity contribution in [2.75, 3.05) is 14.2 Å². The van der Waals surface area contributed by atoms with Gasteiger partial charge in [0.05, 0.1) is 12.2 Å². The van der Waals surface area contributed by atoms with E-state index in [1.165, 1.54) is 38.5 Å². The first kappa shape index (κ1) is 12.6. The van der Waals surface area contributed by atoms with Crippen molar-refractivity contribution >= 4 is 9.28 Å². The highest BCUT2D eigenvalue weighted by molar-refractivity contribution is 6.44. The Morgan fingerprint density at radius 3 is 2.75 bits per heavy atom. The average Bonchev–Trinajstić information content (AvgIpc) is 3.09. The van der Waals surface area contributed by atoms with Crippen molar-refractivity contribution in [2.24, 2.45) is 5.92 Å². The zero-order valence-electron chi connectivity index (χ0n) is 10.5. The molecule has 1 aliphatic heterocycles. The van der Waals surface area contributed by atoms with Gasteiger partial charge in [0, 0.05) is 14.2 Å². The minimum absolute atomic E-state index is 0.631. The second-order valence-electron chi connectivity index (χ2n) is 5.02. The van der Waals surface area contributed by atoms with Crippen LogP contribution in [0.1, 0.15) is 38.5 Å². The lowest BCUT2D eigenvalue weighted by atomic mass is 9.86. The molecule has 0 radical (unpaired) electrons. The van der Waals surface area contributed by atoms with Gasteiger partial charge < -0.3 is 13.6 Å². The number of unbranched alkanes of at least 4 members (excludes halogenated alkanes) is 1. The minimum Gasteiger partial charge on any atom is -0.400 e. The summed E-state index contributed by atoms with van der Waals surface area (Å²) in [5, 5.41) is 0. The molecule has 2 rings (SSSR count). The summed E-state index contributed by atoms with van der Waals surface area (Å²) < 4.78 is 16.3. The van der Waals surface area contributed by atoms with E-state index in [-0.39, 0.29) is 0 Å². The summed E-state index contributed by atoms with van der Waals surface area (Å²) >= 11 is 0. The maximum atomic E-state index is 5.67. The van der Waals surface area contributed by atoms with E-state index < -0.39 is 9.28 Å². The van der Waals surface area contributed by atoms with Crippen LogP contribution in [0.5, 0.6) is 0 Å². The van der Waals surface area contributed by atoms with Crippen LogP contribution in [0.3, 0.4) is 0 Å². The van der Waals surface area contributed by atoms with Gasteiger partial charge in [-0.15, -0.1) is 0 Å². The van der Waals surface area contributed by atoms with Crippen LogP contribution >= 0.6 is 0 Å². The lowest BCUT2D eigenvalue weighted by Gasteiger charge is -2.18. The first-order valence-electron chi connectivity index (χ1n) is 6.56. The second-order valence-corrected chi connectivity index (χ2v) is 7.39. The van der Waals surface area contributed by atoms with Crippen LogP contribution in [0, 0.1) is 5.92 Å². The predicted octanol–water partition coefficient (Wildman–Crippen LogP) is 2.24. The van der Waals surface area contributed by atoms with Crippen molar-refractivity contribution in [3.05, 3.63) is 0 Å². The standard InChI is InChI=1S/C12H24O3Si/c1-13-16(14-2)9-4-3-6-10-7-5-8-11-12(10)15-11/h10-12,16H,3-9H2,1-2H3. The fourth-order valence-corrected chi connectivity index (χ4v) is 4.19. The summed E-state index contributed by atoms with van der Waals surface area (Å²) in [6.45, 7) is 0. The summed E-state index contributed by atoms with van der Waals surface area (Å²) in [6.07, 6.45) is 9.25. The first-order chi connectivity index (χ1) is 7.85. The molecule has 1 saturated carbocycles. The average molecular weight is 244 g/mol. The van der Waals surface area contributed by atoms with Crippen LogP contribution in [-0.4, -0.2) is 35.7 Å². The van der Waals surface area contributed by atoms with Gasteiger partial charge in [-0.25, -0.2) is 0 Å². The van der Waals surface area contributed by atoms with Crippen LogP contribution in [-0.2, 0) is 13.6 Å². The van der Waals surface area contributed by atoms with Crippen molar-refractivity contribution in [2.45, 2.75) is 56.8 Å². The van der Waals surface area contributed by atoms with E-state index in [4.69, 9.17) is 13.6 Å². The van der Waals surface area contributed by atoms with Crippen molar-refractivity contribution < 1.29 is 13.6 Å². The molecule has 3 nitrogen and oxygen atoms in total. The molecule has 3 unspecified atom stereocenters. The molecule has 0 N–H and O–H groups in total. The monoisotopic (exact) mass is 244 g/mol. The Balaban J connectivity index is 1.54. The highest BCUT2D eigenvalue weighted by atomic mass is 28.3. The molecule has 2 fully saturated rings. The lowest BCUT2D eigenvalue weighted by molar-refractivity contribution is 0.273. The SMILES string of the molecule is CO[SiH](CCCCC1CCCC2OC12)OC. The molecular formula is C12H24O3Si. The molecule has 0 aromatic rings. The second kappa shape index (κ2) is 6.14. The summed E-state index contributed by atoms with van der Waals surface area (Å²) in [5.41, 5.74) is 0. The van der Waals surface area contributed by atoms with E-state index >= 15 is 0 Å². The fourth-order valence-electron chi connectivity index (χ4n) is 2.91. The van der Waals surface area contributed by atoms with Crippen LogP contribution in [0.15, 0.2) is 0 Å². The van der Waals surface area contributed by atoms with Gasteiger partial charge in [-0.05, 0) is 31.2 Å². The zero-order valence-corrected chi connectivity index (χ0v) is 11.6. The molecule has 0 aromatic carbocycles. The topological polar surface area (TPSA) is 31.0 Å². The Bertz CT molecular complexity index is 208. The van der Waals surface area contributed by atoms with Gasteiger partial charge in [-0.1, -0.05) is 19.3 Å². The van der Waals surface area contributed by atoms with E-state index in [2.05, 4.69) is 0 Å². The van der Waals surface area contributed by atoms with Crippen molar-refractivity contribution in [1.29, 1.82) is 0 Å². The molecule has 3 atom stereocenters. The Kier molecular flexibility index (Phi) is 4.82. The van der Waals surface area contributed by atoms with E-state index in [9.17, 15) is 0 Å². The molecule has 1 aliphatic carbocycles. The predicted molar refractivity (Wildman–Crippen MR) is 65.8 cm³/mol. The van der Waals surface area contributed by atoms with Gasteiger partial charge >= 0.3 is 9.28 Å². The number of hydrogen-bond donors (Lipinski definition) is 0. The van der Waals surface area contributed by atoms with Crippen molar-refractivity contribution in [3.8, 4) is 0 Å². The first-order valence-corrected chi connectivity index (χ1v) is 8.32. The molecule has 0 aromatic heterocycles. The lowest BCUT2D eigenvalue weighted by Crippen LogP contribution is -2.19. The highest BCUT2D eigenvalue weighted by Crippen LogP contribution is 2.42. The van der Waals surface area contributed by atoms with E-state index in [0.29, 0.717) is 12.2 Å². The third-order valence-electron chi connectivity index (χ3n) is 3.94. The normalized spacial score (nSPS) is 32.8. The Hall–Kier alpha value is 0.0969. The Morgan fingerprint density at radius 2 is 2.00 bits per heavy atom. The van der Waals surface area contributed by atoms with Gasteiger partial charge in [0.2, 0.25) is 0 Å². The maximum absolute atomic E-state index is 5.67. The third kappa shape index (κ3) is 3.29. The van der Waals surface area contributed by atoms with Gasteiger partial charge in [0.15, 0.2) is 0 Å². The van der Waals surface area contributed by atoms with E-state index in [0.717, 1.165) is 12.0 Å².